The smallest absolute Gasteiger partial charge is 0.415 e. The van der Waals surface area contributed by atoms with Gasteiger partial charge in [-0.05, 0) is 130 Å². The highest BCUT2D eigenvalue weighted by Gasteiger charge is 2.30. The van der Waals surface area contributed by atoms with Crippen molar-refractivity contribution in [3.05, 3.63) is 72.1 Å². The number of hydrogen-bond donors (Lipinski definition) is 3. The SMILES string of the molecule is CCN(CC)c1ncc(N(C(C)C)S(C)(=O)=O)c(N[C@@H](Cc2ccc(OC(=O)N3CCCC3)cc2)C(=O)O)n1.CCN(CC)c1ncc(N(C(C)C)S(C)(=O)=O)c(N[C@H](C)Cc2ccc(OC(=O)N3CCCC3)cc2)n1.CCl. The number of ether oxygens (including phenoxy) is 2. The minimum absolute atomic E-state index is 0.0650. The molecule has 2 saturated heterocycles. The van der Waals surface area contributed by atoms with Gasteiger partial charge < -0.3 is 44.8 Å². The molecule has 432 valence electrons. The molecule has 2 aliphatic rings. The van der Waals surface area contributed by atoms with Crippen molar-refractivity contribution in [2.45, 2.75) is 125 Å². The van der Waals surface area contributed by atoms with Gasteiger partial charge >= 0.3 is 18.2 Å². The third-order valence-electron chi connectivity index (χ3n) is 12.7. The van der Waals surface area contributed by atoms with Crippen LogP contribution in [0.1, 0.15) is 99.1 Å². The van der Waals surface area contributed by atoms with E-state index in [4.69, 9.17) is 14.5 Å². The molecule has 4 heterocycles. The van der Waals surface area contributed by atoms with Crippen LogP contribution < -0.4 is 38.5 Å². The summed E-state index contributed by atoms with van der Waals surface area (Å²) in [4.78, 5) is 62.2. The number of carbonyl (C=O) groups is 3. The highest BCUT2D eigenvalue weighted by Crippen LogP contribution is 2.32. The molecule has 22 nitrogen and oxygen atoms in total. The number of aromatic nitrogens is 4. The average molecular weight is 1150 g/mol. The molecule has 3 N–H and O–H groups in total. The maximum absolute atomic E-state index is 12.6. The zero-order chi connectivity index (χ0) is 57.9. The fraction of sp³-hybridized carbons (Fsp3) is 0.566. The van der Waals surface area contributed by atoms with E-state index in [2.05, 4.69) is 37.2 Å². The molecular formula is C53H81ClN12O10S2. The lowest BCUT2D eigenvalue weighted by molar-refractivity contribution is -0.137. The van der Waals surface area contributed by atoms with Crippen LogP contribution in [0.15, 0.2) is 60.9 Å². The number of sulfonamides is 2. The lowest BCUT2D eigenvalue weighted by atomic mass is 10.1. The number of nitrogens with zero attached hydrogens (tertiary/aromatic N) is 10. The summed E-state index contributed by atoms with van der Waals surface area (Å²) in [6.07, 6.45) is 10.7. The summed E-state index contributed by atoms with van der Waals surface area (Å²) in [6.45, 7) is 22.6. The topological polar surface area (TPSA) is 253 Å². The molecule has 0 aliphatic carbocycles. The van der Waals surface area contributed by atoms with Gasteiger partial charge in [-0.3, -0.25) is 8.61 Å². The Hall–Kier alpha value is -6.40. The number of carboxylic acid groups (broad SMARTS) is 1. The van der Waals surface area contributed by atoms with Crippen molar-refractivity contribution < 1.29 is 45.8 Å². The number of benzene rings is 2. The van der Waals surface area contributed by atoms with Crippen LogP contribution in [-0.4, -0.2) is 165 Å². The van der Waals surface area contributed by atoms with Crippen molar-refractivity contribution in [3.63, 3.8) is 0 Å². The maximum atomic E-state index is 12.6. The van der Waals surface area contributed by atoms with Crippen molar-refractivity contribution in [1.82, 2.24) is 29.7 Å². The van der Waals surface area contributed by atoms with E-state index >= 15 is 0 Å². The van der Waals surface area contributed by atoms with Crippen LogP contribution in [0, 0.1) is 0 Å². The molecule has 6 rings (SSSR count). The van der Waals surface area contributed by atoms with E-state index in [-0.39, 0.29) is 36.1 Å². The molecule has 78 heavy (non-hydrogen) atoms. The van der Waals surface area contributed by atoms with Gasteiger partial charge in [-0.1, -0.05) is 24.3 Å². The fourth-order valence-electron chi connectivity index (χ4n) is 9.02. The zero-order valence-electron chi connectivity index (χ0n) is 47.3. The number of likely N-dealkylation sites (tertiary alicyclic amines) is 2. The van der Waals surface area contributed by atoms with Gasteiger partial charge in [0.1, 0.15) is 28.9 Å². The molecule has 2 aromatic heterocycles. The molecule has 0 spiro atoms. The molecule has 0 unspecified atom stereocenters. The first-order chi connectivity index (χ1) is 37.0. The molecule has 2 atom stereocenters. The van der Waals surface area contributed by atoms with Crippen LogP contribution in [0.3, 0.4) is 0 Å². The molecular weight excluding hydrogens is 1060 g/mol. The second-order valence-corrected chi connectivity index (χ2v) is 23.1. The van der Waals surface area contributed by atoms with E-state index in [0.717, 1.165) is 63.7 Å². The average Bonchev–Trinajstić information content (AvgIpc) is 4.16. The van der Waals surface area contributed by atoms with Gasteiger partial charge in [0.15, 0.2) is 11.6 Å². The van der Waals surface area contributed by atoms with Gasteiger partial charge in [-0.2, -0.15) is 9.97 Å². The minimum Gasteiger partial charge on any atom is -0.480 e. The second-order valence-electron chi connectivity index (χ2n) is 19.4. The Kier molecular flexibility index (Phi) is 24.7. The molecule has 2 amide bonds. The number of alkyl halides is 1. The van der Waals surface area contributed by atoms with Gasteiger partial charge in [0.05, 0.1) is 24.9 Å². The number of anilines is 6. The first-order valence-corrected chi connectivity index (χ1v) is 30.9. The van der Waals surface area contributed by atoms with E-state index in [9.17, 15) is 36.3 Å². The van der Waals surface area contributed by atoms with E-state index in [1.54, 1.807) is 66.2 Å². The Bertz CT molecular complexity index is 2780. The Morgan fingerprint density at radius 1 is 0.603 bits per heavy atom. The van der Waals surface area contributed by atoms with Crippen LogP contribution in [-0.2, 0) is 37.7 Å². The Morgan fingerprint density at radius 3 is 1.27 bits per heavy atom. The Balaban J connectivity index is 0.000000327. The minimum atomic E-state index is -3.71. The first-order valence-electron chi connectivity index (χ1n) is 26.4. The number of amides is 2. The number of rotatable bonds is 23. The zero-order valence-corrected chi connectivity index (χ0v) is 49.7. The number of aliphatic carboxylic acids is 1. The number of carboxylic acids is 1. The number of halogens is 1. The maximum Gasteiger partial charge on any atom is 0.415 e. The third-order valence-corrected chi connectivity index (χ3v) is 15.4. The monoisotopic (exact) mass is 1140 g/mol. The highest BCUT2D eigenvalue weighted by molar-refractivity contribution is 7.92. The van der Waals surface area contributed by atoms with Crippen LogP contribution >= 0.6 is 11.6 Å². The lowest BCUT2D eigenvalue weighted by Gasteiger charge is -2.30. The van der Waals surface area contributed by atoms with Gasteiger partial charge in [0.25, 0.3) is 0 Å². The van der Waals surface area contributed by atoms with Crippen LogP contribution in [0.2, 0.25) is 0 Å². The summed E-state index contributed by atoms with van der Waals surface area (Å²) < 4.78 is 63.9. The van der Waals surface area contributed by atoms with E-state index in [1.165, 1.54) is 27.4 Å². The largest absolute Gasteiger partial charge is 0.480 e. The quantitative estimate of drug-likeness (QED) is 0.0592. The number of carbonyl (C=O) groups excluding carboxylic acids is 2. The highest BCUT2D eigenvalue weighted by atomic mass is 35.5. The molecule has 2 aromatic carbocycles. The van der Waals surface area contributed by atoms with Gasteiger partial charge in [-0.15, -0.1) is 11.6 Å². The number of hydrogen-bond acceptors (Lipinski definition) is 17. The van der Waals surface area contributed by atoms with Crippen LogP contribution in [0.4, 0.5) is 44.5 Å². The summed E-state index contributed by atoms with van der Waals surface area (Å²) in [5.41, 5.74) is 2.31. The Labute approximate surface area is 467 Å². The van der Waals surface area contributed by atoms with Crippen LogP contribution in [0.25, 0.3) is 0 Å². The van der Waals surface area contributed by atoms with Crippen molar-refractivity contribution in [2.75, 3.05) is 100 Å². The summed E-state index contributed by atoms with van der Waals surface area (Å²) in [6, 6.07) is 12.2. The molecule has 2 fully saturated rings. The molecule has 0 saturated carbocycles. The molecule has 0 bridgehead atoms. The fourth-order valence-corrected chi connectivity index (χ4v) is 11.5. The van der Waals surface area contributed by atoms with Gasteiger partial charge in [-0.25, -0.2) is 41.2 Å². The summed E-state index contributed by atoms with van der Waals surface area (Å²) >= 11 is 4.64. The summed E-state index contributed by atoms with van der Waals surface area (Å²) in [5.74, 6) is 1.24. The first kappa shape index (κ1) is 64.1. The van der Waals surface area contributed by atoms with Crippen molar-refractivity contribution >= 4 is 84.7 Å². The van der Waals surface area contributed by atoms with Gasteiger partial charge in [0.2, 0.25) is 31.9 Å². The normalized spacial score (nSPS) is 14.1. The molecule has 2 aliphatic heterocycles. The molecule has 0 radical (unpaired) electrons. The van der Waals surface area contributed by atoms with Crippen molar-refractivity contribution in [3.8, 4) is 11.5 Å². The molecule has 25 heteroatoms. The predicted molar refractivity (Wildman–Crippen MR) is 310 cm³/mol. The summed E-state index contributed by atoms with van der Waals surface area (Å²) in [5, 5.41) is 16.4. The van der Waals surface area contributed by atoms with Crippen LogP contribution in [0.5, 0.6) is 11.5 Å². The Morgan fingerprint density at radius 2 is 0.949 bits per heavy atom. The van der Waals surface area contributed by atoms with Crippen molar-refractivity contribution in [1.29, 1.82) is 0 Å². The van der Waals surface area contributed by atoms with E-state index < -0.39 is 44.2 Å². The van der Waals surface area contributed by atoms with E-state index in [0.29, 0.717) is 73.1 Å². The summed E-state index contributed by atoms with van der Waals surface area (Å²) in [7, 11) is -7.26. The number of nitrogens with one attached hydrogen (secondary N) is 2. The second kappa shape index (κ2) is 30.1. The predicted octanol–water partition coefficient (Wildman–Crippen LogP) is 8.19. The standard InChI is InChI=1S/C26H38N6O6S.C26H40N6O4S.CH3Cl/c1-6-30(7-2)25-27-17-22(32(18(3)4)39(5,36)37)23(29-25)28-21(24(33)34)16-19-10-12-20(13-11-19)38-26(35)31-14-8-9-15-31;1-7-30(8-2)25-27-18-23(32(19(3)4)37(6,34)35)24(29-25)28-20(5)17-21-11-13-22(14-12-21)36-26(33)31-15-9-10-16-31;1-2/h10-13,17-18,21H,6-9,14-16H2,1-5H3,(H,33,34)(H,27,28,29);11-14,18-20H,7-10,15-17H2,1-6H3,(H,27,28,29);1H3/t21-;20-;/m01./s1. The third kappa shape index (κ3) is 18.4. The van der Waals surface area contributed by atoms with E-state index in [1.807, 2.05) is 70.4 Å². The molecule has 4 aromatic rings. The lowest BCUT2D eigenvalue weighted by Crippen LogP contribution is -2.39. The van der Waals surface area contributed by atoms with Crippen molar-refractivity contribution in [2.24, 2.45) is 0 Å². The van der Waals surface area contributed by atoms with Gasteiger partial charge in [0, 0.05) is 83.3 Å².